The Labute approximate surface area is 97.1 Å². The molecule has 0 saturated carbocycles. The predicted molar refractivity (Wildman–Crippen MR) is 65.5 cm³/mol. The summed E-state index contributed by atoms with van der Waals surface area (Å²) in [4.78, 5) is 0. The number of aliphatic hydroxyl groups excluding tert-OH is 2. The Morgan fingerprint density at radius 1 is 1.19 bits per heavy atom. The second-order valence-corrected chi connectivity index (χ2v) is 4.26. The third kappa shape index (κ3) is 3.30. The van der Waals surface area contributed by atoms with Gasteiger partial charge >= 0.3 is 0 Å². The van der Waals surface area contributed by atoms with Crippen LogP contribution in [0.5, 0.6) is 0 Å². The molecular weight excluding hydrogens is 202 g/mol. The first kappa shape index (κ1) is 13.2. The van der Waals surface area contributed by atoms with E-state index in [4.69, 9.17) is 5.11 Å². The number of hydrogen-bond acceptors (Lipinski definition) is 3. The molecule has 0 aliphatic rings. The summed E-state index contributed by atoms with van der Waals surface area (Å²) in [6.45, 7) is 7.29. The summed E-state index contributed by atoms with van der Waals surface area (Å²) >= 11 is 0. The van der Waals surface area contributed by atoms with Crippen LogP contribution in [0.1, 0.15) is 22.3 Å². The van der Waals surface area contributed by atoms with Crippen LogP contribution in [0.4, 0.5) is 0 Å². The van der Waals surface area contributed by atoms with E-state index in [1.807, 2.05) is 0 Å². The van der Waals surface area contributed by atoms with Crippen molar-refractivity contribution < 1.29 is 10.2 Å². The van der Waals surface area contributed by atoms with Crippen molar-refractivity contribution >= 4 is 0 Å². The van der Waals surface area contributed by atoms with Gasteiger partial charge < -0.3 is 15.5 Å². The fourth-order valence-corrected chi connectivity index (χ4v) is 1.64. The first-order valence-corrected chi connectivity index (χ1v) is 5.61. The van der Waals surface area contributed by atoms with Gasteiger partial charge in [-0.1, -0.05) is 12.1 Å². The van der Waals surface area contributed by atoms with Crippen LogP contribution < -0.4 is 5.32 Å². The van der Waals surface area contributed by atoms with Gasteiger partial charge in [0.25, 0.3) is 0 Å². The molecule has 0 aromatic heterocycles. The lowest BCUT2D eigenvalue weighted by Crippen LogP contribution is -2.29. The highest BCUT2D eigenvalue weighted by Gasteiger charge is 2.05. The number of aryl methyl sites for hydroxylation is 1. The monoisotopic (exact) mass is 223 g/mol. The Bertz CT molecular complexity index is 350. The number of rotatable bonds is 5. The molecule has 3 nitrogen and oxygen atoms in total. The van der Waals surface area contributed by atoms with E-state index in [1.54, 1.807) is 0 Å². The third-order valence-corrected chi connectivity index (χ3v) is 3.08. The van der Waals surface area contributed by atoms with Gasteiger partial charge in [0, 0.05) is 13.1 Å². The Hall–Kier alpha value is -0.900. The van der Waals surface area contributed by atoms with Gasteiger partial charge in [0.1, 0.15) is 0 Å². The second kappa shape index (κ2) is 5.99. The van der Waals surface area contributed by atoms with Crippen molar-refractivity contribution in [1.29, 1.82) is 0 Å². The predicted octanol–water partition coefficient (Wildman–Crippen LogP) is 1.05. The van der Waals surface area contributed by atoms with E-state index < -0.39 is 6.10 Å². The molecule has 0 radical (unpaired) electrons. The van der Waals surface area contributed by atoms with Crippen LogP contribution in [0.3, 0.4) is 0 Å². The molecule has 3 heteroatoms. The van der Waals surface area contributed by atoms with Gasteiger partial charge in [0.15, 0.2) is 0 Å². The number of benzene rings is 1. The molecule has 1 aromatic carbocycles. The second-order valence-electron chi connectivity index (χ2n) is 4.26. The summed E-state index contributed by atoms with van der Waals surface area (Å²) in [5, 5.41) is 21.0. The van der Waals surface area contributed by atoms with Crippen LogP contribution in [0.15, 0.2) is 12.1 Å². The number of nitrogens with one attached hydrogen (secondary N) is 1. The van der Waals surface area contributed by atoms with E-state index in [-0.39, 0.29) is 6.61 Å². The first-order chi connectivity index (χ1) is 7.56. The van der Waals surface area contributed by atoms with Crippen molar-refractivity contribution in [2.45, 2.75) is 33.4 Å². The maximum absolute atomic E-state index is 9.19. The summed E-state index contributed by atoms with van der Waals surface area (Å²) in [6, 6.07) is 4.22. The lowest BCUT2D eigenvalue weighted by Gasteiger charge is -2.13. The van der Waals surface area contributed by atoms with Crippen molar-refractivity contribution in [3.63, 3.8) is 0 Å². The van der Waals surface area contributed by atoms with Crippen LogP contribution in [-0.2, 0) is 6.54 Å². The minimum absolute atomic E-state index is 0.196. The van der Waals surface area contributed by atoms with Gasteiger partial charge in [-0.2, -0.15) is 0 Å². The van der Waals surface area contributed by atoms with E-state index >= 15 is 0 Å². The molecule has 0 aliphatic heterocycles. The standard InChI is InChI=1S/C13H21NO2/c1-9-4-5-12(11(3)10(9)2)6-14-7-13(16)8-15/h4-5,13-16H,6-8H2,1-3H3. The molecule has 1 unspecified atom stereocenters. The van der Waals surface area contributed by atoms with Crippen LogP contribution in [0.25, 0.3) is 0 Å². The largest absolute Gasteiger partial charge is 0.394 e. The summed E-state index contributed by atoms with van der Waals surface area (Å²) in [5.74, 6) is 0. The van der Waals surface area contributed by atoms with E-state index in [0.717, 1.165) is 6.54 Å². The zero-order valence-electron chi connectivity index (χ0n) is 10.2. The summed E-state index contributed by atoms with van der Waals surface area (Å²) < 4.78 is 0. The molecule has 1 aromatic rings. The zero-order chi connectivity index (χ0) is 12.1. The fourth-order valence-electron chi connectivity index (χ4n) is 1.64. The average Bonchev–Trinajstić information content (AvgIpc) is 2.29. The van der Waals surface area contributed by atoms with Gasteiger partial charge in [0.2, 0.25) is 0 Å². The molecule has 0 spiro atoms. The Morgan fingerprint density at radius 2 is 1.88 bits per heavy atom. The van der Waals surface area contributed by atoms with Crippen molar-refractivity contribution in [3.8, 4) is 0 Å². The Morgan fingerprint density at radius 3 is 2.50 bits per heavy atom. The average molecular weight is 223 g/mol. The fraction of sp³-hybridized carbons (Fsp3) is 0.538. The number of hydrogen-bond donors (Lipinski definition) is 3. The molecular formula is C13H21NO2. The minimum Gasteiger partial charge on any atom is -0.394 e. The number of aliphatic hydroxyl groups is 2. The van der Waals surface area contributed by atoms with E-state index in [2.05, 4.69) is 38.2 Å². The molecule has 0 saturated heterocycles. The van der Waals surface area contributed by atoms with Gasteiger partial charge in [-0.3, -0.25) is 0 Å². The lowest BCUT2D eigenvalue weighted by molar-refractivity contribution is 0.0942. The van der Waals surface area contributed by atoms with E-state index in [9.17, 15) is 5.11 Å². The molecule has 0 aliphatic carbocycles. The van der Waals surface area contributed by atoms with Crippen LogP contribution >= 0.6 is 0 Å². The van der Waals surface area contributed by atoms with Gasteiger partial charge in [-0.25, -0.2) is 0 Å². The molecule has 0 fully saturated rings. The Balaban J connectivity index is 2.58. The molecule has 90 valence electrons. The van der Waals surface area contributed by atoms with E-state index in [1.165, 1.54) is 22.3 Å². The molecule has 16 heavy (non-hydrogen) atoms. The highest BCUT2D eigenvalue weighted by Crippen LogP contribution is 2.16. The maximum Gasteiger partial charge on any atom is 0.0895 e. The molecule has 1 atom stereocenters. The van der Waals surface area contributed by atoms with Crippen molar-refractivity contribution in [1.82, 2.24) is 5.32 Å². The van der Waals surface area contributed by atoms with Crippen molar-refractivity contribution in [2.75, 3.05) is 13.2 Å². The topological polar surface area (TPSA) is 52.5 Å². The van der Waals surface area contributed by atoms with Gasteiger partial charge in [0.05, 0.1) is 12.7 Å². The first-order valence-electron chi connectivity index (χ1n) is 5.61. The summed E-state index contributed by atoms with van der Waals surface area (Å²) in [6.07, 6.45) is -0.674. The summed E-state index contributed by atoms with van der Waals surface area (Å²) in [5.41, 5.74) is 5.16. The quantitative estimate of drug-likeness (QED) is 0.699. The highest BCUT2D eigenvalue weighted by atomic mass is 16.3. The maximum atomic E-state index is 9.19. The van der Waals surface area contributed by atoms with Gasteiger partial charge in [-0.15, -0.1) is 0 Å². The Kier molecular flexibility index (Phi) is 4.93. The lowest BCUT2D eigenvalue weighted by atomic mass is 9.99. The molecule has 1 rings (SSSR count). The van der Waals surface area contributed by atoms with Crippen molar-refractivity contribution in [2.24, 2.45) is 0 Å². The van der Waals surface area contributed by atoms with Crippen LogP contribution in [0.2, 0.25) is 0 Å². The smallest absolute Gasteiger partial charge is 0.0895 e. The highest BCUT2D eigenvalue weighted by molar-refractivity contribution is 5.38. The SMILES string of the molecule is Cc1ccc(CNCC(O)CO)c(C)c1C. The zero-order valence-corrected chi connectivity index (χ0v) is 10.2. The van der Waals surface area contributed by atoms with Crippen molar-refractivity contribution in [3.05, 3.63) is 34.4 Å². The molecule has 0 amide bonds. The van der Waals surface area contributed by atoms with E-state index in [0.29, 0.717) is 6.54 Å². The molecule has 0 heterocycles. The van der Waals surface area contributed by atoms with Gasteiger partial charge in [-0.05, 0) is 43.0 Å². The molecule has 3 N–H and O–H groups in total. The van der Waals surface area contributed by atoms with Crippen LogP contribution in [0, 0.1) is 20.8 Å². The third-order valence-electron chi connectivity index (χ3n) is 3.08. The normalized spacial score (nSPS) is 12.8. The minimum atomic E-state index is -0.674. The van der Waals surface area contributed by atoms with Crippen LogP contribution in [-0.4, -0.2) is 29.5 Å². The molecule has 0 bridgehead atoms. The summed E-state index contributed by atoms with van der Waals surface area (Å²) in [7, 11) is 0.